The Labute approximate surface area is 88.5 Å². The molecule has 0 saturated heterocycles. The summed E-state index contributed by atoms with van der Waals surface area (Å²) in [5.74, 6) is 1.04. The monoisotopic (exact) mass is 209 g/mol. The van der Waals surface area contributed by atoms with Crippen molar-refractivity contribution in [3.05, 3.63) is 22.4 Å². The average Bonchev–Trinajstić information content (AvgIpc) is 2.78. The molecule has 0 fully saturated rings. The zero-order chi connectivity index (χ0) is 9.80. The van der Waals surface area contributed by atoms with Crippen molar-refractivity contribution in [1.82, 2.24) is 10.2 Å². The number of nitrogens with one attached hydrogen (secondary N) is 1. The van der Waals surface area contributed by atoms with Gasteiger partial charge in [-0.05, 0) is 28.8 Å². The Hall–Kier alpha value is -1.03. The maximum Gasteiger partial charge on any atom is 0.193 e. The minimum Gasteiger partial charge on any atom is -0.356 e. The minimum absolute atomic E-state index is 0.928. The van der Waals surface area contributed by atoms with E-state index in [1.165, 1.54) is 5.56 Å². The molecule has 0 spiro atoms. The summed E-state index contributed by atoms with van der Waals surface area (Å²) in [5, 5.41) is 7.67. The van der Waals surface area contributed by atoms with Crippen molar-refractivity contribution in [1.29, 1.82) is 0 Å². The maximum absolute atomic E-state index is 4.37. The number of guanidine groups is 1. The number of aliphatic imine (C=N–C) groups is 1. The Morgan fingerprint density at radius 2 is 2.57 bits per heavy atom. The average molecular weight is 209 g/mol. The van der Waals surface area contributed by atoms with Crippen LogP contribution < -0.4 is 5.32 Å². The van der Waals surface area contributed by atoms with Crippen LogP contribution in [0.4, 0.5) is 0 Å². The normalized spacial score (nSPS) is 15.8. The first-order valence-electron chi connectivity index (χ1n) is 4.87. The molecule has 1 aromatic rings. The van der Waals surface area contributed by atoms with Crippen LogP contribution in [0.1, 0.15) is 5.56 Å². The summed E-state index contributed by atoms with van der Waals surface area (Å²) >= 11 is 1.75. The summed E-state index contributed by atoms with van der Waals surface area (Å²) < 4.78 is 0. The Balaban J connectivity index is 1.73. The van der Waals surface area contributed by atoms with E-state index >= 15 is 0 Å². The Kier molecular flexibility index (Phi) is 3.03. The third-order valence-corrected chi connectivity index (χ3v) is 3.07. The highest BCUT2D eigenvalue weighted by Gasteiger charge is 2.10. The predicted octanol–water partition coefficient (Wildman–Crippen LogP) is 1.18. The molecule has 2 rings (SSSR count). The van der Waals surface area contributed by atoms with Gasteiger partial charge >= 0.3 is 0 Å². The molecule has 76 valence electrons. The molecule has 0 radical (unpaired) electrons. The van der Waals surface area contributed by atoms with Gasteiger partial charge in [0.15, 0.2) is 5.96 Å². The zero-order valence-electron chi connectivity index (χ0n) is 8.36. The first-order valence-corrected chi connectivity index (χ1v) is 5.81. The minimum atomic E-state index is 0.928. The third-order valence-electron chi connectivity index (χ3n) is 2.34. The summed E-state index contributed by atoms with van der Waals surface area (Å²) in [6.45, 7) is 2.94. The number of likely N-dealkylation sites (N-methyl/N-ethyl adjacent to an activating group) is 1. The molecule has 1 aromatic heterocycles. The van der Waals surface area contributed by atoms with E-state index in [1.807, 2.05) is 0 Å². The molecule has 0 amide bonds. The van der Waals surface area contributed by atoms with E-state index in [4.69, 9.17) is 0 Å². The third kappa shape index (κ3) is 2.26. The van der Waals surface area contributed by atoms with Crippen molar-refractivity contribution >= 4 is 17.3 Å². The van der Waals surface area contributed by atoms with Crippen molar-refractivity contribution in [2.45, 2.75) is 6.42 Å². The van der Waals surface area contributed by atoms with Gasteiger partial charge in [0.1, 0.15) is 0 Å². The van der Waals surface area contributed by atoms with Crippen LogP contribution in [0, 0.1) is 0 Å². The fraction of sp³-hybridized carbons (Fsp3) is 0.500. The molecule has 0 unspecified atom stereocenters. The maximum atomic E-state index is 4.37. The lowest BCUT2D eigenvalue weighted by molar-refractivity contribution is 0.534. The standard InChI is InChI=1S/C10H15N3S/c1-13-6-5-12-10(13)11-4-2-9-3-7-14-8-9/h3,7-8H,2,4-6H2,1H3,(H,11,12). The molecule has 1 aliphatic heterocycles. The van der Waals surface area contributed by atoms with Crippen molar-refractivity contribution in [2.24, 2.45) is 4.99 Å². The highest BCUT2D eigenvalue weighted by atomic mass is 32.1. The number of hydrogen-bond donors (Lipinski definition) is 1. The van der Waals surface area contributed by atoms with Crippen LogP contribution in [0.2, 0.25) is 0 Å². The van der Waals surface area contributed by atoms with Crippen LogP contribution in [0.5, 0.6) is 0 Å². The molecule has 1 N–H and O–H groups in total. The van der Waals surface area contributed by atoms with Crippen LogP contribution in [0.25, 0.3) is 0 Å². The SMILES string of the molecule is CN1CCN=C1NCCc1ccsc1. The van der Waals surface area contributed by atoms with Gasteiger partial charge in [-0.2, -0.15) is 11.3 Å². The fourth-order valence-corrected chi connectivity index (χ4v) is 2.18. The molecular weight excluding hydrogens is 194 g/mol. The van der Waals surface area contributed by atoms with Crippen molar-refractivity contribution in [3.8, 4) is 0 Å². The van der Waals surface area contributed by atoms with E-state index in [-0.39, 0.29) is 0 Å². The second-order valence-corrected chi connectivity index (χ2v) is 4.22. The molecule has 0 aliphatic carbocycles. The molecule has 0 bridgehead atoms. The lowest BCUT2D eigenvalue weighted by Gasteiger charge is -2.14. The van der Waals surface area contributed by atoms with Gasteiger partial charge in [0, 0.05) is 20.1 Å². The van der Waals surface area contributed by atoms with Gasteiger partial charge in [-0.1, -0.05) is 0 Å². The highest BCUT2D eigenvalue weighted by molar-refractivity contribution is 7.07. The summed E-state index contributed by atoms with van der Waals surface area (Å²) in [6.07, 6.45) is 1.08. The van der Waals surface area contributed by atoms with Crippen molar-refractivity contribution < 1.29 is 0 Å². The lowest BCUT2D eigenvalue weighted by Crippen LogP contribution is -2.36. The Morgan fingerprint density at radius 1 is 1.64 bits per heavy atom. The molecule has 4 heteroatoms. The summed E-state index contributed by atoms with van der Waals surface area (Å²) in [5.41, 5.74) is 1.41. The van der Waals surface area contributed by atoms with E-state index in [0.29, 0.717) is 0 Å². The molecule has 3 nitrogen and oxygen atoms in total. The number of thiophene rings is 1. The topological polar surface area (TPSA) is 27.6 Å². The van der Waals surface area contributed by atoms with Crippen LogP contribution in [0.15, 0.2) is 21.8 Å². The molecule has 1 aliphatic rings. The van der Waals surface area contributed by atoms with Crippen LogP contribution in [0.3, 0.4) is 0 Å². The molecule has 0 atom stereocenters. The smallest absolute Gasteiger partial charge is 0.193 e. The lowest BCUT2D eigenvalue weighted by atomic mass is 10.2. The van der Waals surface area contributed by atoms with E-state index in [0.717, 1.165) is 32.0 Å². The van der Waals surface area contributed by atoms with Crippen molar-refractivity contribution in [2.75, 3.05) is 26.7 Å². The number of rotatable bonds is 3. The van der Waals surface area contributed by atoms with E-state index in [9.17, 15) is 0 Å². The first-order chi connectivity index (χ1) is 6.86. The van der Waals surface area contributed by atoms with Gasteiger partial charge in [-0.25, -0.2) is 0 Å². The highest BCUT2D eigenvalue weighted by Crippen LogP contribution is 2.05. The van der Waals surface area contributed by atoms with Gasteiger partial charge in [-0.15, -0.1) is 0 Å². The van der Waals surface area contributed by atoms with Gasteiger partial charge in [0.2, 0.25) is 0 Å². The first kappa shape index (κ1) is 9.52. The summed E-state index contributed by atoms with van der Waals surface area (Å²) in [6, 6.07) is 2.17. The summed E-state index contributed by atoms with van der Waals surface area (Å²) in [7, 11) is 2.07. The second-order valence-electron chi connectivity index (χ2n) is 3.44. The van der Waals surface area contributed by atoms with Gasteiger partial charge in [-0.3, -0.25) is 4.99 Å². The fourth-order valence-electron chi connectivity index (χ4n) is 1.48. The van der Waals surface area contributed by atoms with Gasteiger partial charge < -0.3 is 10.2 Å². The number of nitrogens with zero attached hydrogens (tertiary/aromatic N) is 2. The molecule has 0 aromatic carbocycles. The zero-order valence-corrected chi connectivity index (χ0v) is 9.18. The quantitative estimate of drug-likeness (QED) is 0.809. The van der Waals surface area contributed by atoms with Crippen LogP contribution >= 0.6 is 11.3 Å². The Bertz CT molecular complexity index is 305. The largest absolute Gasteiger partial charge is 0.356 e. The number of hydrogen-bond acceptors (Lipinski definition) is 4. The summed E-state index contributed by atoms with van der Waals surface area (Å²) in [4.78, 5) is 6.53. The van der Waals surface area contributed by atoms with Crippen molar-refractivity contribution in [3.63, 3.8) is 0 Å². The molecule has 14 heavy (non-hydrogen) atoms. The van der Waals surface area contributed by atoms with E-state index < -0.39 is 0 Å². The molecular formula is C10H15N3S. The van der Waals surface area contributed by atoms with Gasteiger partial charge in [0.25, 0.3) is 0 Å². The van der Waals surface area contributed by atoms with E-state index in [2.05, 4.69) is 39.1 Å². The van der Waals surface area contributed by atoms with Crippen LogP contribution in [-0.2, 0) is 6.42 Å². The Morgan fingerprint density at radius 3 is 3.21 bits per heavy atom. The van der Waals surface area contributed by atoms with Gasteiger partial charge in [0.05, 0.1) is 6.54 Å². The molecule has 2 heterocycles. The predicted molar refractivity (Wildman–Crippen MR) is 61.0 cm³/mol. The van der Waals surface area contributed by atoms with Crippen LogP contribution in [-0.4, -0.2) is 37.5 Å². The van der Waals surface area contributed by atoms with E-state index in [1.54, 1.807) is 11.3 Å². The molecule has 0 saturated carbocycles. The second kappa shape index (κ2) is 4.46.